The number of nitrogens with one attached hydrogen (secondary N) is 3. The fourth-order valence-electron chi connectivity index (χ4n) is 5.29. The number of anilines is 1. The molecule has 9 nitrogen and oxygen atoms in total. The quantitative estimate of drug-likeness (QED) is 0.471. The maximum atomic E-state index is 13.1. The summed E-state index contributed by atoms with van der Waals surface area (Å²) >= 11 is 0. The number of nitrogens with zero attached hydrogens (tertiary/aromatic N) is 2. The molecule has 0 radical (unpaired) electrons. The molecular formula is C26H29N5O4. The number of aromatic nitrogens is 2. The fourth-order valence-corrected chi connectivity index (χ4v) is 5.29. The molecule has 1 saturated heterocycles. The number of carbonyl (C=O) groups excluding carboxylic acids is 3. The first-order valence-electron chi connectivity index (χ1n) is 12.0. The molecule has 1 saturated carbocycles. The van der Waals surface area contributed by atoms with Crippen molar-refractivity contribution in [3.8, 4) is 0 Å². The molecule has 35 heavy (non-hydrogen) atoms. The third kappa shape index (κ3) is 4.64. The summed E-state index contributed by atoms with van der Waals surface area (Å²) in [5.41, 5.74) is 8.85. The highest BCUT2D eigenvalue weighted by molar-refractivity contribution is 6.11. The zero-order chi connectivity index (χ0) is 24.4. The Bertz CT molecular complexity index is 1250. The molecule has 9 heteroatoms. The van der Waals surface area contributed by atoms with E-state index in [1.807, 2.05) is 48.5 Å². The molecule has 2 aliphatic rings. The Morgan fingerprint density at radius 3 is 2.69 bits per heavy atom. The Hall–Kier alpha value is -3.72. The zero-order valence-electron chi connectivity index (χ0n) is 19.6. The molecule has 1 aliphatic carbocycles. The van der Waals surface area contributed by atoms with Gasteiger partial charge in [-0.3, -0.25) is 24.5 Å². The van der Waals surface area contributed by atoms with E-state index in [-0.39, 0.29) is 42.1 Å². The van der Waals surface area contributed by atoms with Crippen molar-refractivity contribution < 1.29 is 19.1 Å². The molecule has 3 atom stereocenters. The predicted molar refractivity (Wildman–Crippen MR) is 130 cm³/mol. The molecule has 2 amide bonds. The Labute approximate surface area is 203 Å². The van der Waals surface area contributed by atoms with Crippen LogP contribution in [0.4, 0.5) is 5.69 Å². The second-order valence-corrected chi connectivity index (χ2v) is 9.16. The molecular weight excluding hydrogens is 446 g/mol. The zero-order valence-corrected chi connectivity index (χ0v) is 19.6. The topological polar surface area (TPSA) is 114 Å². The van der Waals surface area contributed by atoms with Crippen LogP contribution in [-0.4, -0.2) is 34.7 Å². The normalized spacial score (nSPS) is 21.7. The molecule has 3 aromatic rings. The highest BCUT2D eigenvalue weighted by Gasteiger charge is 2.40. The van der Waals surface area contributed by atoms with E-state index in [0.29, 0.717) is 17.9 Å². The number of esters is 1. The van der Waals surface area contributed by atoms with Crippen molar-refractivity contribution >= 4 is 34.4 Å². The van der Waals surface area contributed by atoms with E-state index in [2.05, 4.69) is 21.3 Å². The number of ether oxygens (including phenoxy) is 1. The highest BCUT2D eigenvalue weighted by Crippen LogP contribution is 2.40. The van der Waals surface area contributed by atoms with E-state index in [0.717, 1.165) is 42.1 Å². The minimum Gasteiger partial charge on any atom is -0.469 e. The largest absolute Gasteiger partial charge is 0.469 e. The predicted octanol–water partition coefficient (Wildman–Crippen LogP) is 3.33. The number of benzene rings is 2. The third-order valence-corrected chi connectivity index (χ3v) is 7.09. The average Bonchev–Trinajstić information content (AvgIpc) is 3.27. The van der Waals surface area contributed by atoms with Gasteiger partial charge in [-0.05, 0) is 42.5 Å². The Morgan fingerprint density at radius 1 is 1.11 bits per heavy atom. The van der Waals surface area contributed by atoms with Gasteiger partial charge in [0.25, 0.3) is 5.91 Å². The van der Waals surface area contributed by atoms with Crippen LogP contribution >= 0.6 is 0 Å². The van der Waals surface area contributed by atoms with E-state index in [9.17, 15) is 14.4 Å². The first-order chi connectivity index (χ1) is 17.0. The standard InChI is InChI=1S/C26H29N5O4/c1-35-22(32)14-15-31-21-9-5-4-8-20(21)24(30-31)26(34)27-17-12-10-16(11-13-17)23-18-6-2-3-7-19(18)25(33)29-28-23/h4-5,8-13,18-19,23,28H,2-3,6-7,14-15H2,1H3,(H,27,34)(H,29,33). The van der Waals surface area contributed by atoms with Crippen LogP contribution in [-0.2, 0) is 20.9 Å². The molecule has 3 N–H and O–H groups in total. The van der Waals surface area contributed by atoms with Gasteiger partial charge in [0.2, 0.25) is 5.91 Å². The summed E-state index contributed by atoms with van der Waals surface area (Å²) in [6.45, 7) is 0.322. The molecule has 5 rings (SSSR count). The number of fused-ring (bicyclic) bond motifs is 2. The Morgan fingerprint density at radius 2 is 1.89 bits per heavy atom. The SMILES string of the molecule is COC(=O)CCn1nc(C(=O)Nc2ccc(C3NNC(=O)C4CCCCC43)cc2)c2ccccc21. The number of hydrogen-bond donors (Lipinski definition) is 3. The van der Waals surface area contributed by atoms with Gasteiger partial charge in [0, 0.05) is 17.0 Å². The molecule has 0 spiro atoms. The van der Waals surface area contributed by atoms with Crippen molar-refractivity contribution in [2.45, 2.75) is 44.7 Å². The van der Waals surface area contributed by atoms with Crippen molar-refractivity contribution in [2.24, 2.45) is 11.8 Å². The van der Waals surface area contributed by atoms with Gasteiger partial charge < -0.3 is 10.1 Å². The summed E-state index contributed by atoms with van der Waals surface area (Å²) in [7, 11) is 1.35. The van der Waals surface area contributed by atoms with Crippen LogP contribution in [0, 0.1) is 11.8 Å². The van der Waals surface area contributed by atoms with Crippen LogP contribution in [0.5, 0.6) is 0 Å². The number of hydrogen-bond acceptors (Lipinski definition) is 6. The van der Waals surface area contributed by atoms with Crippen LogP contribution in [0.2, 0.25) is 0 Å². The molecule has 2 aromatic carbocycles. The molecule has 3 unspecified atom stereocenters. The fraction of sp³-hybridized carbons (Fsp3) is 0.385. The third-order valence-electron chi connectivity index (χ3n) is 7.09. The van der Waals surface area contributed by atoms with Crippen molar-refractivity contribution in [1.82, 2.24) is 20.6 Å². The number of amides is 2. The molecule has 2 fully saturated rings. The lowest BCUT2D eigenvalue weighted by Gasteiger charge is -2.41. The van der Waals surface area contributed by atoms with E-state index in [4.69, 9.17) is 4.74 Å². The summed E-state index contributed by atoms with van der Waals surface area (Å²) in [5, 5.41) is 8.14. The summed E-state index contributed by atoms with van der Waals surface area (Å²) < 4.78 is 6.38. The number of aryl methyl sites for hydroxylation is 1. The highest BCUT2D eigenvalue weighted by atomic mass is 16.5. The maximum Gasteiger partial charge on any atom is 0.307 e. The van der Waals surface area contributed by atoms with Gasteiger partial charge >= 0.3 is 5.97 Å². The number of methoxy groups -OCH3 is 1. The number of para-hydroxylation sites is 1. The van der Waals surface area contributed by atoms with Crippen LogP contribution in [0.3, 0.4) is 0 Å². The van der Waals surface area contributed by atoms with Gasteiger partial charge in [-0.25, -0.2) is 5.43 Å². The Kier molecular flexibility index (Phi) is 6.50. The van der Waals surface area contributed by atoms with Crippen LogP contribution in [0.1, 0.15) is 54.2 Å². The van der Waals surface area contributed by atoms with Crippen LogP contribution < -0.4 is 16.2 Å². The number of hydrazine groups is 1. The smallest absolute Gasteiger partial charge is 0.307 e. The van der Waals surface area contributed by atoms with Gasteiger partial charge in [0.1, 0.15) is 0 Å². The molecule has 1 aliphatic heterocycles. The minimum atomic E-state index is -0.331. The summed E-state index contributed by atoms with van der Waals surface area (Å²) in [6, 6.07) is 15.2. The summed E-state index contributed by atoms with van der Waals surface area (Å²) in [5.74, 6) is -0.230. The van der Waals surface area contributed by atoms with Crippen molar-refractivity contribution in [3.63, 3.8) is 0 Å². The van der Waals surface area contributed by atoms with E-state index in [1.165, 1.54) is 7.11 Å². The second-order valence-electron chi connectivity index (χ2n) is 9.16. The molecule has 182 valence electrons. The number of rotatable bonds is 6. The van der Waals surface area contributed by atoms with Crippen molar-refractivity contribution in [3.05, 3.63) is 59.8 Å². The number of carbonyl (C=O) groups is 3. The summed E-state index contributed by atoms with van der Waals surface area (Å²) in [4.78, 5) is 36.9. The van der Waals surface area contributed by atoms with Gasteiger partial charge in [0.15, 0.2) is 5.69 Å². The van der Waals surface area contributed by atoms with Crippen molar-refractivity contribution in [1.29, 1.82) is 0 Å². The van der Waals surface area contributed by atoms with Gasteiger partial charge in [0.05, 0.1) is 31.6 Å². The molecule has 1 aromatic heterocycles. The van der Waals surface area contributed by atoms with E-state index in [1.54, 1.807) is 4.68 Å². The maximum absolute atomic E-state index is 13.1. The van der Waals surface area contributed by atoms with E-state index < -0.39 is 0 Å². The first kappa shape index (κ1) is 23.0. The van der Waals surface area contributed by atoms with Gasteiger partial charge in [-0.15, -0.1) is 0 Å². The molecule has 0 bridgehead atoms. The van der Waals surface area contributed by atoms with Crippen LogP contribution in [0.25, 0.3) is 10.9 Å². The van der Waals surface area contributed by atoms with Crippen molar-refractivity contribution in [2.75, 3.05) is 12.4 Å². The first-order valence-corrected chi connectivity index (χ1v) is 12.0. The van der Waals surface area contributed by atoms with Gasteiger partial charge in [-0.1, -0.05) is 43.2 Å². The lowest BCUT2D eigenvalue weighted by atomic mass is 9.72. The lowest BCUT2D eigenvalue weighted by Crippen LogP contribution is -2.55. The lowest BCUT2D eigenvalue weighted by molar-refractivity contribution is -0.141. The van der Waals surface area contributed by atoms with Gasteiger partial charge in [-0.2, -0.15) is 5.10 Å². The monoisotopic (exact) mass is 475 g/mol. The van der Waals surface area contributed by atoms with E-state index >= 15 is 0 Å². The minimum absolute atomic E-state index is 0.0527. The molecule has 2 heterocycles. The van der Waals surface area contributed by atoms with Crippen LogP contribution in [0.15, 0.2) is 48.5 Å². The second kappa shape index (κ2) is 9.87. The summed E-state index contributed by atoms with van der Waals surface area (Å²) in [6.07, 6.45) is 4.37. The average molecular weight is 476 g/mol. The Balaban J connectivity index is 1.32.